The van der Waals surface area contributed by atoms with Crippen molar-refractivity contribution in [3.05, 3.63) is 30.1 Å². The summed E-state index contributed by atoms with van der Waals surface area (Å²) in [4.78, 5) is 11.8. The molecule has 2 N–H and O–H groups in total. The summed E-state index contributed by atoms with van der Waals surface area (Å²) in [7, 11) is -4.34. The van der Waals surface area contributed by atoms with Crippen LogP contribution in [0.25, 0.3) is 0 Å². The highest BCUT2D eigenvalue weighted by Crippen LogP contribution is 2.41. The third kappa shape index (κ3) is 3.56. The minimum absolute atomic E-state index is 0.0224. The van der Waals surface area contributed by atoms with E-state index in [1.807, 2.05) is 0 Å². The van der Waals surface area contributed by atoms with Crippen molar-refractivity contribution in [2.45, 2.75) is 31.3 Å². The number of benzene rings is 1. The molecule has 1 saturated heterocycles. The van der Waals surface area contributed by atoms with Crippen LogP contribution in [0.4, 0.5) is 4.39 Å². The molecule has 0 saturated carbocycles. The first-order valence-corrected chi connectivity index (χ1v) is 7.78. The lowest BCUT2D eigenvalue weighted by atomic mass is 10.1. The van der Waals surface area contributed by atoms with Crippen molar-refractivity contribution in [2.75, 3.05) is 6.16 Å². The van der Waals surface area contributed by atoms with Crippen molar-refractivity contribution >= 4 is 7.60 Å². The van der Waals surface area contributed by atoms with E-state index in [4.69, 9.17) is 9.26 Å². The number of hydrogen-bond acceptors (Lipinski definition) is 6. The van der Waals surface area contributed by atoms with Crippen molar-refractivity contribution < 1.29 is 33.3 Å². The number of hydrogen-bond donors (Lipinski definition) is 2. The maximum Gasteiger partial charge on any atom is 0.187 e. The lowest BCUT2D eigenvalue weighted by Crippen LogP contribution is -2.34. The molecule has 0 amide bonds. The first-order chi connectivity index (χ1) is 9.28. The van der Waals surface area contributed by atoms with Gasteiger partial charge in [0, 0.05) is 0 Å². The molecule has 6 nitrogen and oxygen atoms in total. The number of aliphatic hydroxyl groups excluding tert-OH is 2. The molecule has 112 valence electrons. The molecule has 0 bridgehead atoms. The summed E-state index contributed by atoms with van der Waals surface area (Å²) in [5.74, 6) is -0.532. The molecule has 20 heavy (non-hydrogen) atoms. The van der Waals surface area contributed by atoms with E-state index in [1.54, 1.807) is 0 Å². The topological polar surface area (TPSA) is 99.1 Å². The molecule has 1 aromatic carbocycles. The smallest absolute Gasteiger partial charge is 0.187 e. The average Bonchev–Trinajstić information content (AvgIpc) is 2.59. The summed E-state index contributed by atoms with van der Waals surface area (Å²) in [6.07, 6.45) is -4.70. The second-order valence-electron chi connectivity index (χ2n) is 4.70. The molecule has 0 aromatic heterocycles. The van der Waals surface area contributed by atoms with Gasteiger partial charge in [-0.2, -0.15) is 0 Å². The van der Waals surface area contributed by atoms with E-state index in [-0.39, 0.29) is 5.75 Å². The van der Waals surface area contributed by atoms with Crippen LogP contribution in [-0.4, -0.2) is 40.8 Å². The van der Waals surface area contributed by atoms with E-state index >= 15 is 0 Å². The largest absolute Gasteiger partial charge is 0.769 e. The van der Waals surface area contributed by atoms with Gasteiger partial charge in [0.25, 0.3) is 0 Å². The third-order valence-electron chi connectivity index (χ3n) is 3.06. The number of rotatable bonds is 4. The monoisotopic (exact) mass is 305 g/mol. The zero-order valence-electron chi connectivity index (χ0n) is 10.7. The fraction of sp³-hybridized carbons (Fsp3) is 0.500. The quantitative estimate of drug-likeness (QED) is 0.775. The molecule has 1 fully saturated rings. The Balaban J connectivity index is 2.01. The van der Waals surface area contributed by atoms with Gasteiger partial charge in [0.2, 0.25) is 0 Å². The van der Waals surface area contributed by atoms with Gasteiger partial charge >= 0.3 is 0 Å². The van der Waals surface area contributed by atoms with Gasteiger partial charge in [0.15, 0.2) is 7.60 Å². The van der Waals surface area contributed by atoms with Gasteiger partial charge < -0.3 is 24.4 Å². The summed E-state index contributed by atoms with van der Waals surface area (Å²) in [5, 5.41) is 19.2. The van der Waals surface area contributed by atoms with Crippen molar-refractivity contribution in [1.82, 2.24) is 0 Å². The SMILES string of the molecule is C[C@H]1O[C@H](CP(=O)([O-])Oc2ccc(F)cc2)[C@H](O)C1O. The van der Waals surface area contributed by atoms with Gasteiger partial charge in [-0.1, -0.05) is 0 Å². The molecular weight excluding hydrogens is 290 g/mol. The van der Waals surface area contributed by atoms with Crippen molar-refractivity contribution in [1.29, 1.82) is 0 Å². The van der Waals surface area contributed by atoms with Crippen molar-refractivity contribution in [2.24, 2.45) is 0 Å². The van der Waals surface area contributed by atoms with Crippen LogP contribution in [0.2, 0.25) is 0 Å². The molecule has 0 spiro atoms. The Labute approximate surface area is 115 Å². The minimum atomic E-state index is -4.34. The van der Waals surface area contributed by atoms with Crippen LogP contribution in [0.5, 0.6) is 5.75 Å². The summed E-state index contributed by atoms with van der Waals surface area (Å²) in [6.45, 7) is 1.53. The predicted molar refractivity (Wildman–Crippen MR) is 65.9 cm³/mol. The first kappa shape index (κ1) is 15.4. The predicted octanol–water partition coefficient (Wildman–Crippen LogP) is 0.267. The van der Waals surface area contributed by atoms with Crippen LogP contribution < -0.4 is 9.42 Å². The average molecular weight is 305 g/mol. The second-order valence-corrected chi connectivity index (χ2v) is 6.47. The zero-order chi connectivity index (χ0) is 14.9. The lowest BCUT2D eigenvalue weighted by Gasteiger charge is -2.27. The molecule has 8 heteroatoms. The number of ether oxygens (including phenoxy) is 1. The van der Waals surface area contributed by atoms with Crippen LogP contribution in [0.1, 0.15) is 6.92 Å². The highest BCUT2D eigenvalue weighted by atomic mass is 31.2. The summed E-state index contributed by atoms with van der Waals surface area (Å²) in [5.41, 5.74) is 0. The van der Waals surface area contributed by atoms with Gasteiger partial charge in [0.05, 0.1) is 18.4 Å². The second kappa shape index (κ2) is 5.79. The molecule has 1 heterocycles. The molecule has 5 atom stereocenters. The molecule has 0 radical (unpaired) electrons. The minimum Gasteiger partial charge on any atom is -0.769 e. The van der Waals surface area contributed by atoms with E-state index in [0.29, 0.717) is 0 Å². The van der Waals surface area contributed by atoms with E-state index in [9.17, 15) is 24.1 Å². The van der Waals surface area contributed by atoms with Crippen LogP contribution in [0, 0.1) is 5.82 Å². The fourth-order valence-electron chi connectivity index (χ4n) is 2.00. The summed E-state index contributed by atoms with van der Waals surface area (Å²) in [6, 6.07) is 4.51. The Morgan fingerprint density at radius 3 is 2.45 bits per heavy atom. The fourth-order valence-corrected chi connectivity index (χ4v) is 3.26. The van der Waals surface area contributed by atoms with Gasteiger partial charge in [-0.15, -0.1) is 0 Å². The van der Waals surface area contributed by atoms with Gasteiger partial charge in [-0.25, -0.2) is 4.39 Å². The van der Waals surface area contributed by atoms with Crippen LogP contribution in [0.15, 0.2) is 24.3 Å². The number of halogens is 1. The highest BCUT2D eigenvalue weighted by Gasteiger charge is 2.41. The Morgan fingerprint density at radius 1 is 1.35 bits per heavy atom. The molecule has 1 aromatic rings. The normalized spacial score (nSPS) is 32.9. The van der Waals surface area contributed by atoms with Gasteiger partial charge in [-0.3, -0.25) is 4.57 Å². The van der Waals surface area contributed by atoms with Crippen LogP contribution in [0.3, 0.4) is 0 Å². The molecule has 2 unspecified atom stereocenters. The Kier molecular flexibility index (Phi) is 4.46. The maximum atomic E-state index is 12.7. The van der Waals surface area contributed by atoms with E-state index < -0.39 is 44.0 Å². The maximum absolute atomic E-state index is 12.7. The summed E-state index contributed by atoms with van der Waals surface area (Å²) >= 11 is 0. The van der Waals surface area contributed by atoms with E-state index in [1.165, 1.54) is 19.1 Å². The Hall–Kier alpha value is -0.980. The molecule has 1 aliphatic heterocycles. The molecule has 2 rings (SSSR count). The standard InChI is InChI=1S/C12H16FO6P/c1-7-11(14)12(15)10(18-7)6-20(16,17)19-9-4-2-8(13)3-5-9/h2-5,7,10-12,14-15H,6H2,1H3,(H,16,17)/p-1/t7-,10-,11?,12+/m1/s1. The van der Waals surface area contributed by atoms with Gasteiger partial charge in [0.1, 0.15) is 23.8 Å². The molecular formula is C12H15FO6P-. The van der Waals surface area contributed by atoms with Crippen LogP contribution in [-0.2, 0) is 9.30 Å². The molecule has 0 aliphatic carbocycles. The zero-order valence-corrected chi connectivity index (χ0v) is 11.6. The van der Waals surface area contributed by atoms with Crippen molar-refractivity contribution in [3.8, 4) is 5.75 Å². The summed E-state index contributed by atoms with van der Waals surface area (Å²) < 4.78 is 34.5. The lowest BCUT2D eigenvalue weighted by molar-refractivity contribution is -0.192. The first-order valence-electron chi connectivity index (χ1n) is 6.05. The molecule has 1 aliphatic rings. The number of aliphatic hydroxyl groups is 2. The van der Waals surface area contributed by atoms with Crippen molar-refractivity contribution in [3.63, 3.8) is 0 Å². The van der Waals surface area contributed by atoms with E-state index in [2.05, 4.69) is 0 Å². The van der Waals surface area contributed by atoms with Gasteiger partial charge in [-0.05, 0) is 31.2 Å². The Morgan fingerprint density at radius 2 is 1.95 bits per heavy atom. The van der Waals surface area contributed by atoms with Crippen LogP contribution >= 0.6 is 7.60 Å². The third-order valence-corrected chi connectivity index (χ3v) is 4.36. The van der Waals surface area contributed by atoms with E-state index in [0.717, 1.165) is 12.1 Å². The Bertz CT molecular complexity index is 507. The highest BCUT2D eigenvalue weighted by molar-refractivity contribution is 7.51.